The van der Waals surface area contributed by atoms with Crippen LogP contribution in [0.25, 0.3) is 44.5 Å². The molecule has 0 fully saturated rings. The molecule has 0 saturated heterocycles. The summed E-state index contributed by atoms with van der Waals surface area (Å²) in [7, 11) is 0. The molecule has 0 bridgehead atoms. The molecule has 0 amide bonds. The molecule has 0 saturated carbocycles. The summed E-state index contributed by atoms with van der Waals surface area (Å²) in [6, 6.07) is 34.7. The van der Waals surface area contributed by atoms with Gasteiger partial charge in [-0.05, 0) is 47.1 Å². The van der Waals surface area contributed by atoms with Crippen molar-refractivity contribution >= 4 is 21.9 Å². The molecule has 3 nitrogen and oxygen atoms in total. The molecule has 36 heavy (non-hydrogen) atoms. The molecule has 0 atom stereocenters. The van der Waals surface area contributed by atoms with Crippen LogP contribution in [0, 0.1) is 19.1 Å². The van der Waals surface area contributed by atoms with Crippen molar-refractivity contribution in [1.82, 2.24) is 9.97 Å². The Kier molecular flexibility index (Phi) is 8.10. The van der Waals surface area contributed by atoms with Crippen LogP contribution >= 0.6 is 0 Å². The smallest absolute Gasteiger partial charge is 0.120 e. The van der Waals surface area contributed by atoms with Gasteiger partial charge in [0.25, 0.3) is 0 Å². The van der Waals surface area contributed by atoms with Gasteiger partial charge in [-0.15, -0.1) is 53.6 Å². The molecule has 0 aliphatic carbocycles. The Hall–Kier alpha value is -3.59. The number of hydrogen-bond acceptors (Lipinski definition) is 3. The SMILES string of the molecule is CC(C)c1ccc2oc3c(-c4ccccn4)[c-]ccc3c2c1.Cc1cc[c-]c(-c2ccccn2)c1.[Ir]. The van der Waals surface area contributed by atoms with Crippen LogP contribution < -0.4 is 0 Å². The number of hydrogen-bond donors (Lipinski definition) is 0. The first-order valence-electron chi connectivity index (χ1n) is 11.8. The first kappa shape index (κ1) is 25.5. The molecule has 3 aromatic carbocycles. The minimum atomic E-state index is 0. The standard InChI is InChI=1S/C20H16NO.C12H10N.Ir/c1-13(2)14-9-10-19-17(12-14)15-6-5-7-16(20(15)22-19)18-8-3-4-11-21-18;1-10-5-4-6-11(9-10)12-7-2-3-8-13-12;/h3-6,8-13H,1-2H3;2-5,7-9H,1H3;/q2*-1;. The average Bonchev–Trinajstić information content (AvgIpc) is 3.28. The Labute approximate surface area is 225 Å². The van der Waals surface area contributed by atoms with E-state index in [1.807, 2.05) is 54.6 Å². The molecule has 0 N–H and O–H groups in total. The minimum absolute atomic E-state index is 0. The summed E-state index contributed by atoms with van der Waals surface area (Å²) in [4.78, 5) is 8.68. The van der Waals surface area contributed by atoms with Gasteiger partial charge in [0.1, 0.15) is 5.58 Å². The van der Waals surface area contributed by atoms with Crippen molar-refractivity contribution in [1.29, 1.82) is 0 Å². The van der Waals surface area contributed by atoms with E-state index in [0.29, 0.717) is 5.92 Å². The molecule has 0 spiro atoms. The average molecular weight is 647 g/mol. The van der Waals surface area contributed by atoms with Crippen LogP contribution in [0.4, 0.5) is 0 Å². The summed E-state index contributed by atoms with van der Waals surface area (Å²) in [6.07, 6.45) is 3.59. The van der Waals surface area contributed by atoms with Gasteiger partial charge < -0.3 is 14.4 Å². The van der Waals surface area contributed by atoms with Crippen LogP contribution in [0.5, 0.6) is 0 Å². The van der Waals surface area contributed by atoms with Gasteiger partial charge in [0.05, 0.1) is 5.58 Å². The fourth-order valence-electron chi connectivity index (χ4n) is 4.07. The van der Waals surface area contributed by atoms with E-state index in [0.717, 1.165) is 44.5 Å². The first-order chi connectivity index (χ1) is 17.1. The molecule has 0 aliphatic heterocycles. The van der Waals surface area contributed by atoms with E-state index in [2.05, 4.69) is 73.2 Å². The molecular weight excluding hydrogens is 621 g/mol. The molecule has 6 rings (SSSR count). The monoisotopic (exact) mass is 647 g/mol. The Morgan fingerprint density at radius 1 is 0.750 bits per heavy atom. The van der Waals surface area contributed by atoms with Crippen LogP contribution in [-0.2, 0) is 20.1 Å². The predicted molar refractivity (Wildman–Crippen MR) is 143 cm³/mol. The van der Waals surface area contributed by atoms with E-state index in [1.54, 1.807) is 12.4 Å². The van der Waals surface area contributed by atoms with Gasteiger partial charge in [0.2, 0.25) is 0 Å². The van der Waals surface area contributed by atoms with Gasteiger partial charge in [-0.25, -0.2) is 0 Å². The first-order valence-corrected chi connectivity index (χ1v) is 11.8. The number of aromatic nitrogens is 2. The van der Waals surface area contributed by atoms with Crippen molar-refractivity contribution in [3.63, 3.8) is 0 Å². The molecular formula is C32H26IrN2O-2. The molecule has 0 aliphatic rings. The van der Waals surface area contributed by atoms with Crippen molar-refractivity contribution in [2.75, 3.05) is 0 Å². The molecule has 3 heterocycles. The summed E-state index contributed by atoms with van der Waals surface area (Å²) in [5, 5.41) is 2.28. The maximum absolute atomic E-state index is 6.10. The summed E-state index contributed by atoms with van der Waals surface area (Å²) >= 11 is 0. The van der Waals surface area contributed by atoms with Gasteiger partial charge in [-0.3, -0.25) is 0 Å². The maximum atomic E-state index is 6.10. The van der Waals surface area contributed by atoms with Crippen molar-refractivity contribution in [2.24, 2.45) is 0 Å². The second-order valence-corrected chi connectivity index (χ2v) is 8.82. The molecule has 3 aromatic heterocycles. The zero-order valence-electron chi connectivity index (χ0n) is 20.5. The van der Waals surface area contributed by atoms with Crippen LogP contribution in [0.3, 0.4) is 0 Å². The Bertz CT molecular complexity index is 1570. The van der Waals surface area contributed by atoms with E-state index in [-0.39, 0.29) is 20.1 Å². The third kappa shape index (κ3) is 5.46. The largest absolute Gasteiger partial charge is 0.501 e. The third-order valence-electron chi connectivity index (χ3n) is 5.94. The van der Waals surface area contributed by atoms with Crippen LogP contribution in [0.2, 0.25) is 0 Å². The number of aryl methyl sites for hydroxylation is 1. The molecule has 6 aromatic rings. The number of nitrogens with zero attached hydrogens (tertiary/aromatic N) is 2. The van der Waals surface area contributed by atoms with Crippen LogP contribution in [-0.4, -0.2) is 9.97 Å². The Morgan fingerprint density at radius 3 is 2.14 bits per heavy atom. The maximum Gasteiger partial charge on any atom is 0.120 e. The van der Waals surface area contributed by atoms with Gasteiger partial charge in [0, 0.05) is 37.9 Å². The summed E-state index contributed by atoms with van der Waals surface area (Å²) in [5.74, 6) is 0.500. The molecule has 1 radical (unpaired) electrons. The second kappa shape index (κ2) is 11.4. The Morgan fingerprint density at radius 2 is 1.47 bits per heavy atom. The zero-order valence-corrected chi connectivity index (χ0v) is 22.8. The van der Waals surface area contributed by atoms with E-state index < -0.39 is 0 Å². The van der Waals surface area contributed by atoms with Crippen molar-refractivity contribution in [2.45, 2.75) is 26.7 Å². The van der Waals surface area contributed by atoms with Crippen molar-refractivity contribution in [3.05, 3.63) is 121 Å². The fraction of sp³-hybridized carbons (Fsp3) is 0.125. The van der Waals surface area contributed by atoms with E-state index >= 15 is 0 Å². The number of fused-ring (bicyclic) bond motifs is 3. The van der Waals surface area contributed by atoms with Gasteiger partial charge in [-0.1, -0.05) is 62.1 Å². The molecule has 181 valence electrons. The van der Waals surface area contributed by atoms with E-state index in [4.69, 9.17) is 4.42 Å². The van der Waals surface area contributed by atoms with Gasteiger partial charge >= 0.3 is 0 Å². The number of furan rings is 1. The van der Waals surface area contributed by atoms with E-state index in [9.17, 15) is 0 Å². The van der Waals surface area contributed by atoms with Gasteiger partial charge in [0.15, 0.2) is 0 Å². The number of benzene rings is 3. The van der Waals surface area contributed by atoms with Crippen LogP contribution in [0.1, 0.15) is 30.9 Å². The van der Waals surface area contributed by atoms with Crippen molar-refractivity contribution < 1.29 is 24.5 Å². The summed E-state index contributed by atoms with van der Waals surface area (Å²) < 4.78 is 6.10. The summed E-state index contributed by atoms with van der Waals surface area (Å²) in [5.41, 5.74) is 8.17. The second-order valence-electron chi connectivity index (χ2n) is 8.82. The van der Waals surface area contributed by atoms with Crippen molar-refractivity contribution in [3.8, 4) is 22.5 Å². The molecule has 4 heteroatoms. The minimum Gasteiger partial charge on any atom is -0.501 e. The predicted octanol–water partition coefficient (Wildman–Crippen LogP) is 8.43. The third-order valence-corrected chi connectivity index (χ3v) is 5.94. The summed E-state index contributed by atoms with van der Waals surface area (Å²) in [6.45, 7) is 6.48. The van der Waals surface area contributed by atoms with Crippen LogP contribution in [0.15, 0.2) is 102 Å². The number of pyridine rings is 2. The Balaban J connectivity index is 0.000000187. The van der Waals surface area contributed by atoms with Gasteiger partial charge in [-0.2, -0.15) is 0 Å². The zero-order chi connectivity index (χ0) is 24.2. The fourth-order valence-corrected chi connectivity index (χ4v) is 4.07. The number of rotatable bonds is 3. The normalized spacial score (nSPS) is 10.7. The molecule has 0 unspecified atom stereocenters. The topological polar surface area (TPSA) is 38.9 Å². The quantitative estimate of drug-likeness (QED) is 0.181. The van der Waals surface area contributed by atoms with E-state index in [1.165, 1.54) is 11.1 Å².